The Balaban J connectivity index is 3.69. The number of rotatable bonds is 5. The predicted molar refractivity (Wildman–Crippen MR) is 36.5 cm³/mol. The minimum Gasteiger partial charge on any atom is -0.390 e. The molecule has 0 fully saturated rings. The third-order valence-corrected chi connectivity index (χ3v) is 1.65. The molecule has 0 aromatic heterocycles. The van der Waals surface area contributed by atoms with E-state index in [0.717, 1.165) is 0 Å². The summed E-state index contributed by atoms with van der Waals surface area (Å²) in [4.78, 5) is 9.64. The molecule has 0 saturated heterocycles. The highest BCUT2D eigenvalue weighted by Gasteiger charge is 2.12. The Morgan fingerprint density at radius 2 is 2.09 bits per heavy atom. The van der Waals surface area contributed by atoms with Crippen LogP contribution in [0.4, 0.5) is 0 Å². The Hall–Kier alpha value is -0.660. The van der Waals surface area contributed by atoms with Gasteiger partial charge in [-0.15, -0.1) is 0 Å². The zero-order chi connectivity index (χ0) is 8.91. The van der Waals surface area contributed by atoms with E-state index >= 15 is 0 Å². The number of aliphatic hydroxyl groups excluding tert-OH is 1. The molecule has 0 saturated carbocycles. The molecule has 0 aromatic rings. The maximum absolute atomic E-state index is 10.1. The van der Waals surface area contributed by atoms with Gasteiger partial charge in [0, 0.05) is 6.54 Å². The molecule has 11 heavy (non-hydrogen) atoms. The lowest BCUT2D eigenvalue weighted by Crippen LogP contribution is -2.31. The second kappa shape index (κ2) is 4.27. The molecule has 0 radical (unpaired) electrons. The first kappa shape index (κ1) is 10.3. The van der Waals surface area contributed by atoms with Gasteiger partial charge in [0.1, 0.15) is 5.75 Å². The summed E-state index contributed by atoms with van der Waals surface area (Å²) in [6.07, 6.45) is -0.942. The lowest BCUT2D eigenvalue weighted by atomic mass is 10.4. The summed E-state index contributed by atoms with van der Waals surface area (Å²) >= 11 is 0. The number of hydrogen-bond acceptors (Lipinski definition) is 4. The molecule has 1 atom stereocenters. The Bertz CT molecular complexity index is 211. The molecule has 0 aliphatic carbocycles. The van der Waals surface area contributed by atoms with Crippen LogP contribution in [-0.2, 0) is 14.9 Å². The molecule has 0 rings (SSSR count). The van der Waals surface area contributed by atoms with E-state index in [-0.39, 0.29) is 6.54 Å². The highest BCUT2D eigenvalue weighted by molar-refractivity contribution is 7.85. The summed E-state index contributed by atoms with van der Waals surface area (Å²) in [6.45, 7) is -0.191. The van der Waals surface area contributed by atoms with Crippen molar-refractivity contribution in [2.24, 2.45) is 0 Å². The molecule has 1 amide bonds. The van der Waals surface area contributed by atoms with Gasteiger partial charge in [0.25, 0.3) is 10.1 Å². The normalized spacial score (nSPS) is 14.0. The summed E-state index contributed by atoms with van der Waals surface area (Å²) < 4.78 is 28.4. The first-order chi connectivity index (χ1) is 4.95. The molecule has 0 heterocycles. The molecule has 0 spiro atoms. The van der Waals surface area contributed by atoms with Gasteiger partial charge in [-0.1, -0.05) is 0 Å². The highest BCUT2D eigenvalue weighted by Crippen LogP contribution is 1.87. The topological polar surface area (TPSA) is 104 Å². The Kier molecular flexibility index (Phi) is 4.01. The van der Waals surface area contributed by atoms with Gasteiger partial charge in [0.15, 0.2) is 0 Å². The second-order valence-electron chi connectivity index (χ2n) is 1.93. The number of amides is 1. The molecular weight excluding hydrogens is 174 g/mol. The zero-order valence-corrected chi connectivity index (χ0v) is 6.41. The lowest BCUT2D eigenvalue weighted by molar-refractivity contribution is -0.109. The molecule has 66 valence electrons. The van der Waals surface area contributed by atoms with Gasteiger partial charge in [-0.2, -0.15) is 8.42 Å². The van der Waals surface area contributed by atoms with Crippen LogP contribution in [0.25, 0.3) is 0 Å². The van der Waals surface area contributed by atoms with E-state index in [1.807, 2.05) is 0 Å². The van der Waals surface area contributed by atoms with Gasteiger partial charge in [0.2, 0.25) is 6.41 Å². The zero-order valence-electron chi connectivity index (χ0n) is 5.60. The fourth-order valence-electron chi connectivity index (χ4n) is 0.486. The smallest absolute Gasteiger partial charge is 0.267 e. The van der Waals surface area contributed by atoms with Crippen molar-refractivity contribution in [2.75, 3.05) is 12.3 Å². The first-order valence-corrected chi connectivity index (χ1v) is 4.37. The number of hydrogen-bond donors (Lipinski definition) is 3. The molecule has 1 unspecified atom stereocenters. The molecule has 0 bridgehead atoms. The van der Waals surface area contributed by atoms with Crippen molar-refractivity contribution in [1.29, 1.82) is 0 Å². The quantitative estimate of drug-likeness (QED) is 0.337. The third kappa shape index (κ3) is 7.23. The second-order valence-corrected chi connectivity index (χ2v) is 3.43. The van der Waals surface area contributed by atoms with Crippen LogP contribution in [0.2, 0.25) is 0 Å². The van der Waals surface area contributed by atoms with E-state index in [1.54, 1.807) is 0 Å². The molecule has 3 N–H and O–H groups in total. The summed E-state index contributed by atoms with van der Waals surface area (Å²) in [7, 11) is -4.16. The van der Waals surface area contributed by atoms with Crippen molar-refractivity contribution < 1.29 is 22.9 Å². The molecule has 0 aliphatic rings. The van der Waals surface area contributed by atoms with Crippen LogP contribution in [0.5, 0.6) is 0 Å². The summed E-state index contributed by atoms with van der Waals surface area (Å²) in [5, 5.41) is 10.8. The Morgan fingerprint density at radius 3 is 2.45 bits per heavy atom. The maximum Gasteiger partial charge on any atom is 0.267 e. The molecule has 0 aromatic carbocycles. The minimum atomic E-state index is -4.16. The van der Waals surface area contributed by atoms with E-state index in [2.05, 4.69) is 5.32 Å². The maximum atomic E-state index is 10.1. The van der Waals surface area contributed by atoms with Crippen LogP contribution in [0.15, 0.2) is 0 Å². The van der Waals surface area contributed by atoms with Gasteiger partial charge < -0.3 is 10.4 Å². The average molecular weight is 183 g/mol. The van der Waals surface area contributed by atoms with E-state index < -0.39 is 22.0 Å². The van der Waals surface area contributed by atoms with E-state index in [0.29, 0.717) is 6.41 Å². The average Bonchev–Trinajstić information content (AvgIpc) is 1.79. The third-order valence-electron chi connectivity index (χ3n) is 0.840. The number of aliphatic hydroxyl groups is 1. The Labute approximate surface area is 64.0 Å². The van der Waals surface area contributed by atoms with Crippen molar-refractivity contribution in [2.45, 2.75) is 6.10 Å². The van der Waals surface area contributed by atoms with Crippen LogP contribution < -0.4 is 5.32 Å². The number of carbonyl (C=O) groups excluding carboxylic acids is 1. The molecule has 7 heteroatoms. The van der Waals surface area contributed by atoms with Crippen LogP contribution in [0, 0.1) is 0 Å². The van der Waals surface area contributed by atoms with E-state index in [4.69, 9.17) is 9.66 Å². The summed E-state index contributed by atoms with van der Waals surface area (Å²) in [6, 6.07) is 0. The Morgan fingerprint density at radius 1 is 1.55 bits per heavy atom. The van der Waals surface area contributed by atoms with Crippen molar-refractivity contribution in [1.82, 2.24) is 5.32 Å². The first-order valence-electron chi connectivity index (χ1n) is 2.76. The fourth-order valence-corrected chi connectivity index (χ4v) is 1.09. The monoisotopic (exact) mass is 183 g/mol. The SMILES string of the molecule is O=CNCC(O)CS(=O)(=O)O. The summed E-state index contributed by atoms with van der Waals surface area (Å²) in [5.74, 6) is -0.770. The molecular formula is C4H9NO5S. The van der Waals surface area contributed by atoms with Gasteiger partial charge in [-0.05, 0) is 0 Å². The van der Waals surface area contributed by atoms with E-state index in [1.165, 1.54) is 0 Å². The molecule has 6 nitrogen and oxygen atoms in total. The van der Waals surface area contributed by atoms with Crippen molar-refractivity contribution in [3.8, 4) is 0 Å². The van der Waals surface area contributed by atoms with Crippen LogP contribution in [0.1, 0.15) is 0 Å². The summed E-state index contributed by atoms with van der Waals surface area (Å²) in [5.41, 5.74) is 0. The van der Waals surface area contributed by atoms with Gasteiger partial charge in [0.05, 0.1) is 6.10 Å². The lowest BCUT2D eigenvalue weighted by Gasteiger charge is -2.05. The number of carbonyl (C=O) groups is 1. The van der Waals surface area contributed by atoms with Gasteiger partial charge in [-0.3, -0.25) is 9.35 Å². The highest BCUT2D eigenvalue weighted by atomic mass is 32.2. The fraction of sp³-hybridized carbons (Fsp3) is 0.750. The minimum absolute atomic E-state index is 0.191. The van der Waals surface area contributed by atoms with Crippen molar-refractivity contribution >= 4 is 16.5 Å². The van der Waals surface area contributed by atoms with Gasteiger partial charge >= 0.3 is 0 Å². The van der Waals surface area contributed by atoms with Crippen LogP contribution >= 0.6 is 0 Å². The van der Waals surface area contributed by atoms with E-state index in [9.17, 15) is 13.2 Å². The molecule has 0 aliphatic heterocycles. The van der Waals surface area contributed by atoms with Crippen LogP contribution in [-0.4, -0.2) is 42.9 Å². The largest absolute Gasteiger partial charge is 0.390 e. The predicted octanol–water partition coefficient (Wildman–Crippen LogP) is -2.02. The van der Waals surface area contributed by atoms with Crippen molar-refractivity contribution in [3.63, 3.8) is 0 Å². The van der Waals surface area contributed by atoms with Crippen molar-refractivity contribution in [3.05, 3.63) is 0 Å². The van der Waals surface area contributed by atoms with Crippen LogP contribution in [0.3, 0.4) is 0 Å². The van der Waals surface area contributed by atoms with Gasteiger partial charge in [-0.25, -0.2) is 0 Å². The number of nitrogens with one attached hydrogen (secondary N) is 1. The standard InChI is InChI=1S/C4H9NO5S/c6-3-5-1-4(7)2-11(8,9)10/h3-4,7H,1-2H2,(H,5,6)(H,8,9,10).